The van der Waals surface area contributed by atoms with E-state index in [-0.39, 0.29) is 0 Å². The first kappa shape index (κ1) is 34.9. The van der Waals surface area contributed by atoms with Gasteiger partial charge in [-0.1, -0.05) is 164 Å². The van der Waals surface area contributed by atoms with Crippen LogP contribution in [-0.4, -0.2) is 4.98 Å². The molecule has 12 rings (SSSR count). The number of hydrogen-bond acceptors (Lipinski definition) is 2. The summed E-state index contributed by atoms with van der Waals surface area (Å²) in [6.45, 7) is 0. The van der Waals surface area contributed by atoms with Crippen LogP contribution in [0.1, 0.15) is 0 Å². The van der Waals surface area contributed by atoms with Gasteiger partial charge in [0, 0.05) is 22.5 Å². The van der Waals surface area contributed by atoms with Gasteiger partial charge in [0.1, 0.15) is 5.58 Å². The Hall–Kier alpha value is -8.07. The minimum absolute atomic E-state index is 0.659. The molecule has 61 heavy (non-hydrogen) atoms. The number of fused-ring (bicyclic) bond motifs is 9. The number of para-hydroxylation sites is 1. The van der Waals surface area contributed by atoms with E-state index in [1.807, 2.05) is 6.07 Å². The topological polar surface area (TPSA) is 26.0 Å². The van der Waals surface area contributed by atoms with Crippen molar-refractivity contribution in [2.45, 2.75) is 0 Å². The quantitative estimate of drug-likeness (QED) is 0.157. The van der Waals surface area contributed by atoms with Crippen molar-refractivity contribution < 1.29 is 4.42 Å². The summed E-state index contributed by atoms with van der Waals surface area (Å²) in [6, 6.07) is 79.3. The molecule has 2 heteroatoms. The van der Waals surface area contributed by atoms with E-state index in [2.05, 4.69) is 217 Å². The van der Waals surface area contributed by atoms with Gasteiger partial charge in [-0.15, -0.1) is 0 Å². The van der Waals surface area contributed by atoms with Crippen LogP contribution in [0, 0.1) is 0 Å². The summed E-state index contributed by atoms with van der Waals surface area (Å²) < 4.78 is 6.35. The van der Waals surface area contributed by atoms with Crippen LogP contribution < -0.4 is 0 Å². The maximum atomic E-state index is 6.35. The second-order valence-electron chi connectivity index (χ2n) is 15.9. The van der Waals surface area contributed by atoms with Crippen LogP contribution in [0.2, 0.25) is 0 Å². The summed E-state index contributed by atoms with van der Waals surface area (Å²) in [7, 11) is 0. The highest BCUT2D eigenvalue weighted by Crippen LogP contribution is 2.41. The molecule has 0 saturated carbocycles. The Morgan fingerprint density at radius 1 is 0.246 bits per heavy atom. The number of rotatable bonds is 6. The molecular formula is C59H37NO. The van der Waals surface area contributed by atoms with Crippen LogP contribution in [0.5, 0.6) is 0 Å². The van der Waals surface area contributed by atoms with Gasteiger partial charge in [-0.05, 0) is 148 Å². The standard InChI is InChI=1S/C59H37NO/c1-2-13-38(14-3-1)46-34-47(36-48(35-46)43-19-10-20-45(33-43)49-25-11-26-55-56-27-12-30-60-59(56)61-58(49)55)42-18-9-16-40(32-42)39-15-8-17-41(31-39)44-28-29-54-52-23-5-4-21-50(52)51-22-6-7-24-53(51)57(54)37-44/h1-37H. The lowest BCUT2D eigenvalue weighted by Gasteiger charge is -2.14. The van der Waals surface area contributed by atoms with Gasteiger partial charge in [0.05, 0.1) is 0 Å². The zero-order valence-electron chi connectivity index (χ0n) is 33.2. The molecule has 0 N–H and O–H groups in total. The van der Waals surface area contributed by atoms with Gasteiger partial charge in [-0.25, -0.2) is 4.98 Å². The van der Waals surface area contributed by atoms with E-state index in [1.165, 1.54) is 76.8 Å². The first-order valence-corrected chi connectivity index (χ1v) is 20.8. The molecule has 0 atom stereocenters. The number of nitrogens with zero attached hydrogens (tertiary/aromatic N) is 1. The van der Waals surface area contributed by atoms with Crippen LogP contribution in [0.4, 0.5) is 0 Å². The van der Waals surface area contributed by atoms with Crippen molar-refractivity contribution in [3.05, 3.63) is 225 Å². The van der Waals surface area contributed by atoms with E-state index < -0.39 is 0 Å². The number of pyridine rings is 1. The monoisotopic (exact) mass is 775 g/mol. The maximum Gasteiger partial charge on any atom is 0.227 e. The van der Waals surface area contributed by atoms with E-state index >= 15 is 0 Å². The van der Waals surface area contributed by atoms with Crippen molar-refractivity contribution >= 4 is 54.4 Å². The summed E-state index contributed by atoms with van der Waals surface area (Å²) >= 11 is 0. The zero-order chi connectivity index (χ0) is 40.3. The van der Waals surface area contributed by atoms with Crippen LogP contribution in [0.3, 0.4) is 0 Å². The lowest BCUT2D eigenvalue weighted by molar-refractivity contribution is 0.655. The van der Waals surface area contributed by atoms with Gasteiger partial charge >= 0.3 is 0 Å². The van der Waals surface area contributed by atoms with Gasteiger partial charge in [-0.3, -0.25) is 0 Å². The van der Waals surface area contributed by atoms with Crippen molar-refractivity contribution in [2.75, 3.05) is 0 Å². The van der Waals surface area contributed by atoms with E-state index in [9.17, 15) is 0 Å². The molecule has 0 saturated heterocycles. The van der Waals surface area contributed by atoms with Crippen LogP contribution in [0.15, 0.2) is 229 Å². The number of furan rings is 1. The van der Waals surface area contributed by atoms with Gasteiger partial charge in [0.2, 0.25) is 5.71 Å². The van der Waals surface area contributed by atoms with Gasteiger partial charge in [0.25, 0.3) is 0 Å². The van der Waals surface area contributed by atoms with Crippen molar-refractivity contribution in [3.63, 3.8) is 0 Å². The van der Waals surface area contributed by atoms with E-state index in [0.29, 0.717) is 5.71 Å². The summed E-state index contributed by atoms with van der Waals surface area (Å²) in [5, 5.41) is 9.83. The molecular weight excluding hydrogens is 739 g/mol. The van der Waals surface area contributed by atoms with Gasteiger partial charge in [0.15, 0.2) is 0 Å². The third-order valence-electron chi connectivity index (χ3n) is 12.3. The molecule has 2 aromatic heterocycles. The molecule has 284 valence electrons. The largest absolute Gasteiger partial charge is 0.437 e. The van der Waals surface area contributed by atoms with E-state index in [1.54, 1.807) is 6.20 Å². The number of benzene rings is 10. The molecule has 2 heterocycles. The van der Waals surface area contributed by atoms with E-state index in [0.717, 1.165) is 38.6 Å². The Kier molecular flexibility index (Phi) is 8.21. The predicted molar refractivity (Wildman–Crippen MR) is 257 cm³/mol. The maximum absolute atomic E-state index is 6.35. The highest BCUT2D eigenvalue weighted by atomic mass is 16.3. The second-order valence-corrected chi connectivity index (χ2v) is 15.9. The van der Waals surface area contributed by atoms with Gasteiger partial charge in [-0.2, -0.15) is 0 Å². The zero-order valence-corrected chi connectivity index (χ0v) is 33.2. The predicted octanol–water partition coefficient (Wildman–Crippen LogP) is 16.4. The fraction of sp³-hybridized carbons (Fsp3) is 0. The molecule has 0 unspecified atom stereocenters. The summed E-state index contributed by atoms with van der Waals surface area (Å²) in [6.07, 6.45) is 1.78. The molecule has 0 fully saturated rings. The third kappa shape index (κ3) is 6.08. The Bertz CT molecular complexity index is 3620. The molecule has 0 bridgehead atoms. The van der Waals surface area contributed by atoms with Crippen molar-refractivity contribution in [1.29, 1.82) is 0 Å². The number of hydrogen-bond donors (Lipinski definition) is 0. The Labute approximate surface area is 353 Å². The molecule has 10 aromatic carbocycles. The van der Waals surface area contributed by atoms with Crippen LogP contribution >= 0.6 is 0 Å². The molecule has 12 aromatic rings. The molecule has 0 aliphatic carbocycles. The molecule has 2 nitrogen and oxygen atoms in total. The highest BCUT2D eigenvalue weighted by molar-refractivity contribution is 6.25. The van der Waals surface area contributed by atoms with E-state index in [4.69, 9.17) is 4.42 Å². The Morgan fingerprint density at radius 3 is 1.28 bits per heavy atom. The molecule has 0 spiro atoms. The SMILES string of the molecule is c1ccc(-c2cc(-c3cccc(-c4cccc(-c5ccc6c7ccccc7c7ccccc7c6c5)c4)c3)cc(-c3cccc(-c4cccc5c4oc4ncccc45)c3)c2)cc1. The smallest absolute Gasteiger partial charge is 0.227 e. The Balaban J connectivity index is 0.944. The molecule has 0 aliphatic rings. The highest BCUT2D eigenvalue weighted by Gasteiger charge is 2.15. The summed E-state index contributed by atoms with van der Waals surface area (Å²) in [5.41, 5.74) is 15.4. The molecule has 0 radical (unpaired) electrons. The average molecular weight is 776 g/mol. The Morgan fingerprint density at radius 2 is 0.656 bits per heavy atom. The first-order valence-electron chi connectivity index (χ1n) is 20.8. The third-order valence-corrected chi connectivity index (χ3v) is 12.3. The average Bonchev–Trinajstić information content (AvgIpc) is 3.73. The summed E-state index contributed by atoms with van der Waals surface area (Å²) in [4.78, 5) is 4.50. The second kappa shape index (κ2) is 14.3. The molecule has 0 aliphatic heterocycles. The summed E-state index contributed by atoms with van der Waals surface area (Å²) in [5.74, 6) is 0. The minimum Gasteiger partial charge on any atom is -0.437 e. The lowest BCUT2D eigenvalue weighted by Crippen LogP contribution is -1.88. The fourth-order valence-corrected chi connectivity index (χ4v) is 9.33. The van der Waals surface area contributed by atoms with Crippen LogP contribution in [-0.2, 0) is 0 Å². The lowest BCUT2D eigenvalue weighted by atomic mass is 9.90. The van der Waals surface area contributed by atoms with Crippen molar-refractivity contribution in [3.8, 4) is 66.8 Å². The first-order chi connectivity index (χ1) is 30.2. The fourth-order valence-electron chi connectivity index (χ4n) is 9.33. The van der Waals surface area contributed by atoms with Crippen molar-refractivity contribution in [1.82, 2.24) is 4.98 Å². The minimum atomic E-state index is 0.659. The molecule has 0 amide bonds. The van der Waals surface area contributed by atoms with Gasteiger partial charge < -0.3 is 4.42 Å². The van der Waals surface area contributed by atoms with Crippen molar-refractivity contribution in [2.24, 2.45) is 0 Å². The normalized spacial score (nSPS) is 11.6. The number of aromatic nitrogens is 1. The van der Waals surface area contributed by atoms with Crippen LogP contribution in [0.25, 0.3) is 121 Å².